The van der Waals surface area contributed by atoms with Gasteiger partial charge in [0.1, 0.15) is 36.9 Å². The van der Waals surface area contributed by atoms with Gasteiger partial charge in [0, 0.05) is 13.2 Å². The molecular weight excluding hydrogens is 580 g/mol. The van der Waals surface area contributed by atoms with Gasteiger partial charge in [-0.3, -0.25) is 0 Å². The van der Waals surface area contributed by atoms with Crippen LogP contribution in [-0.2, 0) is 9.47 Å². The van der Waals surface area contributed by atoms with E-state index in [-0.39, 0.29) is 26.4 Å². The van der Waals surface area contributed by atoms with Gasteiger partial charge in [0.25, 0.3) is 0 Å². The van der Waals surface area contributed by atoms with E-state index in [0.29, 0.717) is 24.7 Å². The topological polar surface area (TPSA) is 102 Å². The Morgan fingerprint density at radius 1 is 0.522 bits per heavy atom. The van der Waals surface area contributed by atoms with E-state index in [9.17, 15) is 10.2 Å². The van der Waals surface area contributed by atoms with Crippen molar-refractivity contribution >= 4 is 12.4 Å². The van der Waals surface area contributed by atoms with Crippen LogP contribution in [0.5, 0.6) is 11.5 Å². The monoisotopic (exact) mass is 640 g/mol. The van der Waals surface area contributed by atoms with E-state index >= 15 is 0 Å². The molecular formula is C38H60N2O6. The first-order chi connectivity index (χ1) is 22.3. The number of hydrogen-bond acceptors (Lipinski definition) is 8. The molecule has 8 nitrogen and oxygen atoms in total. The minimum atomic E-state index is -0.660. The van der Waals surface area contributed by atoms with Crippen LogP contribution in [0.1, 0.15) is 103 Å². The summed E-state index contributed by atoms with van der Waals surface area (Å²) in [5.41, 5.74) is 1.77. The van der Waals surface area contributed by atoms with Crippen molar-refractivity contribution in [2.75, 3.05) is 39.6 Å². The van der Waals surface area contributed by atoms with Crippen molar-refractivity contribution in [3.63, 3.8) is 0 Å². The van der Waals surface area contributed by atoms with Crippen molar-refractivity contribution in [3.05, 3.63) is 59.7 Å². The molecule has 2 unspecified atom stereocenters. The molecule has 0 saturated heterocycles. The van der Waals surface area contributed by atoms with Crippen LogP contribution in [0.3, 0.4) is 0 Å². The maximum atomic E-state index is 10.1. The maximum absolute atomic E-state index is 10.1. The summed E-state index contributed by atoms with van der Waals surface area (Å²) in [4.78, 5) is 0. The SMILES string of the molecule is CC(C)CCCCCCOCC(O)COc1ccc(/C=N\N=C/c2ccc(OCC(O)COCCCCCCC(C)C)cc2)cc1. The number of aliphatic hydroxyl groups excluding tert-OH is 2. The molecule has 0 aliphatic carbocycles. The Labute approximate surface area is 278 Å². The molecule has 0 aromatic heterocycles. The molecule has 2 aromatic carbocycles. The Bertz CT molecular complexity index is 970. The van der Waals surface area contributed by atoms with Gasteiger partial charge in [0.15, 0.2) is 0 Å². The fourth-order valence-corrected chi connectivity index (χ4v) is 4.64. The molecule has 0 amide bonds. The van der Waals surface area contributed by atoms with Crippen molar-refractivity contribution in [1.29, 1.82) is 0 Å². The highest BCUT2D eigenvalue weighted by Gasteiger charge is 2.07. The fraction of sp³-hybridized carbons (Fsp3) is 0.632. The van der Waals surface area contributed by atoms with E-state index in [0.717, 1.165) is 35.8 Å². The highest BCUT2D eigenvalue weighted by atomic mass is 16.5. The summed E-state index contributed by atoms with van der Waals surface area (Å²) in [5, 5.41) is 28.5. The third-order valence-electron chi connectivity index (χ3n) is 7.39. The molecule has 258 valence electrons. The van der Waals surface area contributed by atoms with Crippen LogP contribution in [-0.4, -0.2) is 74.5 Å². The molecule has 8 heteroatoms. The van der Waals surface area contributed by atoms with Gasteiger partial charge in [-0.05, 0) is 84.3 Å². The van der Waals surface area contributed by atoms with Gasteiger partial charge in [-0.1, -0.05) is 79.1 Å². The largest absolute Gasteiger partial charge is 0.491 e. The number of aliphatic hydroxyl groups is 2. The van der Waals surface area contributed by atoms with Crippen LogP contribution < -0.4 is 9.47 Å². The zero-order valence-corrected chi connectivity index (χ0v) is 28.8. The van der Waals surface area contributed by atoms with E-state index in [1.165, 1.54) is 51.4 Å². The van der Waals surface area contributed by atoms with Gasteiger partial charge in [-0.25, -0.2) is 0 Å². The van der Waals surface area contributed by atoms with Crippen molar-refractivity contribution in [1.82, 2.24) is 0 Å². The number of nitrogens with zero attached hydrogens (tertiary/aromatic N) is 2. The normalized spacial score (nSPS) is 13.3. The first-order valence-electron chi connectivity index (χ1n) is 17.4. The lowest BCUT2D eigenvalue weighted by Gasteiger charge is -2.13. The van der Waals surface area contributed by atoms with Gasteiger partial charge in [-0.2, -0.15) is 10.2 Å². The quantitative estimate of drug-likeness (QED) is 0.0586. The van der Waals surface area contributed by atoms with E-state index in [1.54, 1.807) is 12.4 Å². The second-order valence-electron chi connectivity index (χ2n) is 12.9. The Morgan fingerprint density at radius 2 is 0.891 bits per heavy atom. The molecule has 46 heavy (non-hydrogen) atoms. The third-order valence-corrected chi connectivity index (χ3v) is 7.39. The Morgan fingerprint density at radius 3 is 1.26 bits per heavy atom. The predicted octanol–water partition coefficient (Wildman–Crippen LogP) is 7.87. The zero-order chi connectivity index (χ0) is 33.2. The third kappa shape index (κ3) is 21.1. The molecule has 2 rings (SSSR count). The van der Waals surface area contributed by atoms with Crippen molar-refractivity contribution in [2.45, 2.75) is 104 Å². The van der Waals surface area contributed by atoms with Crippen LogP contribution in [0.2, 0.25) is 0 Å². The van der Waals surface area contributed by atoms with Crippen LogP contribution in [0.25, 0.3) is 0 Å². The highest BCUT2D eigenvalue weighted by Crippen LogP contribution is 2.14. The standard InChI is InChI=1S/C38H60N2O6/c1-31(2)13-9-5-7-11-23-43-27-35(41)29-45-37-19-15-33(16-20-37)25-39-40-26-34-17-21-38(22-18-34)46-30-36(42)28-44-24-12-8-6-10-14-32(3)4/h15-22,25-26,31-32,35-36,41-42H,5-14,23-24,27-30H2,1-4H3/b39-25-,40-26-. The summed E-state index contributed by atoms with van der Waals surface area (Å²) in [6.45, 7) is 11.3. The van der Waals surface area contributed by atoms with Crippen molar-refractivity contribution < 1.29 is 29.2 Å². The Kier molecular flexibility index (Phi) is 21.7. The molecule has 0 fully saturated rings. The second-order valence-corrected chi connectivity index (χ2v) is 12.9. The Hall–Kier alpha value is -2.78. The van der Waals surface area contributed by atoms with E-state index < -0.39 is 12.2 Å². The summed E-state index contributed by atoms with van der Waals surface area (Å²) in [6.07, 6.45) is 14.0. The van der Waals surface area contributed by atoms with Crippen molar-refractivity contribution in [3.8, 4) is 11.5 Å². The molecule has 0 spiro atoms. The van der Waals surface area contributed by atoms with E-state index in [4.69, 9.17) is 18.9 Å². The maximum Gasteiger partial charge on any atom is 0.119 e. The number of hydrogen-bond donors (Lipinski definition) is 2. The number of unbranched alkanes of at least 4 members (excludes halogenated alkanes) is 6. The van der Waals surface area contributed by atoms with Gasteiger partial charge in [0.2, 0.25) is 0 Å². The van der Waals surface area contributed by atoms with E-state index in [1.807, 2.05) is 48.5 Å². The lowest BCUT2D eigenvalue weighted by Crippen LogP contribution is -2.23. The first-order valence-corrected chi connectivity index (χ1v) is 17.4. The lowest BCUT2D eigenvalue weighted by molar-refractivity contribution is 0.0109. The minimum Gasteiger partial charge on any atom is -0.491 e. The average Bonchev–Trinajstić information content (AvgIpc) is 3.04. The summed E-state index contributed by atoms with van der Waals surface area (Å²) in [7, 11) is 0. The lowest BCUT2D eigenvalue weighted by atomic mass is 10.0. The minimum absolute atomic E-state index is 0.184. The molecule has 0 radical (unpaired) electrons. The molecule has 0 aliphatic heterocycles. The summed E-state index contributed by atoms with van der Waals surface area (Å²) in [5.74, 6) is 2.90. The fourth-order valence-electron chi connectivity index (χ4n) is 4.64. The average molecular weight is 641 g/mol. The number of benzene rings is 2. The Balaban J connectivity index is 1.55. The van der Waals surface area contributed by atoms with Gasteiger partial charge < -0.3 is 29.2 Å². The first kappa shape index (κ1) is 39.4. The van der Waals surface area contributed by atoms with Crippen LogP contribution in [0.15, 0.2) is 58.7 Å². The highest BCUT2D eigenvalue weighted by molar-refractivity contribution is 5.82. The van der Waals surface area contributed by atoms with E-state index in [2.05, 4.69) is 37.9 Å². The van der Waals surface area contributed by atoms with Gasteiger partial charge >= 0.3 is 0 Å². The molecule has 0 aliphatic rings. The van der Waals surface area contributed by atoms with Gasteiger partial charge in [-0.15, -0.1) is 0 Å². The summed E-state index contributed by atoms with van der Waals surface area (Å²) < 4.78 is 22.6. The number of ether oxygens (including phenoxy) is 4. The number of rotatable bonds is 27. The van der Waals surface area contributed by atoms with Crippen LogP contribution in [0.4, 0.5) is 0 Å². The molecule has 0 bridgehead atoms. The molecule has 2 aromatic rings. The van der Waals surface area contributed by atoms with Crippen LogP contribution >= 0.6 is 0 Å². The summed E-state index contributed by atoms with van der Waals surface area (Å²) >= 11 is 0. The zero-order valence-electron chi connectivity index (χ0n) is 28.8. The predicted molar refractivity (Wildman–Crippen MR) is 189 cm³/mol. The van der Waals surface area contributed by atoms with Crippen LogP contribution in [0, 0.1) is 11.8 Å². The second kappa shape index (κ2) is 25.3. The van der Waals surface area contributed by atoms with Crippen molar-refractivity contribution in [2.24, 2.45) is 22.0 Å². The molecule has 2 atom stereocenters. The molecule has 2 N–H and O–H groups in total. The smallest absolute Gasteiger partial charge is 0.119 e. The molecule has 0 saturated carbocycles. The summed E-state index contributed by atoms with van der Waals surface area (Å²) in [6, 6.07) is 14.9. The molecule has 0 heterocycles. The van der Waals surface area contributed by atoms with Gasteiger partial charge in [0.05, 0.1) is 25.6 Å².